The summed E-state index contributed by atoms with van der Waals surface area (Å²) >= 11 is 0. The van der Waals surface area contributed by atoms with Crippen LogP contribution in [0.25, 0.3) is 16.8 Å². The molecule has 0 saturated heterocycles. The Morgan fingerprint density at radius 1 is 0.857 bits per heavy atom. The van der Waals surface area contributed by atoms with Crippen molar-refractivity contribution >= 4 is 6.09 Å². The lowest BCUT2D eigenvalue weighted by molar-refractivity contribution is 0.187. The Hall–Kier alpha value is -4.32. The van der Waals surface area contributed by atoms with E-state index in [1.54, 1.807) is 10.8 Å². The van der Waals surface area contributed by atoms with Crippen molar-refractivity contribution in [2.24, 2.45) is 0 Å². The van der Waals surface area contributed by atoms with Gasteiger partial charge in [-0.25, -0.2) is 4.79 Å². The molecule has 0 bridgehead atoms. The van der Waals surface area contributed by atoms with Crippen molar-refractivity contribution in [2.45, 2.75) is 32.9 Å². The molecule has 178 valence electrons. The van der Waals surface area contributed by atoms with Crippen LogP contribution < -0.4 is 20.2 Å². The monoisotopic (exact) mass is 468 g/mol. The van der Waals surface area contributed by atoms with E-state index in [0.717, 1.165) is 22.4 Å². The van der Waals surface area contributed by atoms with Gasteiger partial charge in [-0.2, -0.15) is 0 Å². The van der Waals surface area contributed by atoms with Gasteiger partial charge in [-0.3, -0.25) is 9.36 Å². The number of benzene rings is 3. The van der Waals surface area contributed by atoms with Gasteiger partial charge < -0.3 is 14.8 Å². The lowest BCUT2D eigenvalue weighted by atomic mass is 10.1. The largest absolute Gasteiger partial charge is 0.483 e. The molecule has 1 heterocycles. The Balaban J connectivity index is 1.73. The molecule has 1 N–H and O–H groups in total. The predicted octanol–water partition coefficient (Wildman–Crippen LogP) is 5.97. The maximum atomic E-state index is 12.8. The van der Waals surface area contributed by atoms with Crippen LogP contribution in [-0.2, 0) is 6.61 Å². The van der Waals surface area contributed by atoms with E-state index < -0.39 is 11.6 Å². The highest BCUT2D eigenvalue weighted by Gasteiger charge is 2.19. The first-order chi connectivity index (χ1) is 16.8. The van der Waals surface area contributed by atoms with Crippen molar-refractivity contribution in [3.63, 3.8) is 0 Å². The molecular formula is C29H28N2O4. The Morgan fingerprint density at radius 2 is 1.51 bits per heavy atom. The van der Waals surface area contributed by atoms with E-state index in [9.17, 15) is 9.59 Å². The highest BCUT2D eigenvalue weighted by atomic mass is 16.6. The fourth-order valence-corrected chi connectivity index (χ4v) is 3.51. The number of nitrogens with zero attached hydrogens (tertiary/aromatic N) is 1. The number of ether oxygens (including phenoxy) is 2. The van der Waals surface area contributed by atoms with Crippen molar-refractivity contribution < 1.29 is 14.3 Å². The Bertz CT molecular complexity index is 1360. The van der Waals surface area contributed by atoms with E-state index >= 15 is 0 Å². The van der Waals surface area contributed by atoms with Gasteiger partial charge >= 0.3 is 6.09 Å². The van der Waals surface area contributed by atoms with Crippen LogP contribution in [0.1, 0.15) is 26.3 Å². The molecule has 6 heteroatoms. The third-order valence-electron chi connectivity index (χ3n) is 5.12. The zero-order valence-corrected chi connectivity index (χ0v) is 20.0. The quantitative estimate of drug-likeness (QED) is 0.378. The molecule has 4 rings (SSSR count). The highest BCUT2D eigenvalue weighted by molar-refractivity contribution is 5.71. The fourth-order valence-electron chi connectivity index (χ4n) is 3.51. The minimum atomic E-state index is -0.650. The number of rotatable bonds is 6. The molecule has 6 nitrogen and oxygen atoms in total. The number of hydrogen-bond acceptors (Lipinski definition) is 4. The van der Waals surface area contributed by atoms with Gasteiger partial charge in [0.25, 0.3) is 0 Å². The Labute approximate surface area is 204 Å². The predicted molar refractivity (Wildman–Crippen MR) is 137 cm³/mol. The van der Waals surface area contributed by atoms with Crippen LogP contribution >= 0.6 is 0 Å². The van der Waals surface area contributed by atoms with Gasteiger partial charge in [-0.15, -0.1) is 0 Å². The molecule has 0 radical (unpaired) electrons. The van der Waals surface area contributed by atoms with Crippen LogP contribution in [0.15, 0.2) is 102 Å². The number of pyridine rings is 1. The lowest BCUT2D eigenvalue weighted by Crippen LogP contribution is -2.42. The summed E-state index contributed by atoms with van der Waals surface area (Å²) < 4.78 is 13.1. The maximum absolute atomic E-state index is 12.8. The number of aromatic nitrogens is 1. The lowest BCUT2D eigenvalue weighted by Gasteiger charge is -2.21. The van der Waals surface area contributed by atoms with E-state index in [1.807, 2.05) is 106 Å². The minimum absolute atomic E-state index is 0.0917. The van der Waals surface area contributed by atoms with Crippen LogP contribution in [-0.4, -0.2) is 16.2 Å². The number of carbonyl (C=O) groups excluding carboxylic acids is 1. The van der Waals surface area contributed by atoms with Crippen LogP contribution in [0, 0.1) is 0 Å². The second-order valence-corrected chi connectivity index (χ2v) is 9.17. The standard InChI is InChI=1S/C29H28N2O4/c1-29(2,3)30-28(33)35-27-18-25(32)26(34-20-21-11-6-4-7-12-21)19-31(27)24-16-10-15-23(17-24)22-13-8-5-9-14-22/h4-19H,20H2,1-3H3,(H,30,33). The summed E-state index contributed by atoms with van der Waals surface area (Å²) in [4.78, 5) is 25.4. The van der Waals surface area contributed by atoms with E-state index in [0.29, 0.717) is 0 Å². The van der Waals surface area contributed by atoms with Gasteiger partial charge in [-0.05, 0) is 49.6 Å². The van der Waals surface area contributed by atoms with Crippen LogP contribution in [0.5, 0.6) is 11.6 Å². The molecule has 0 aliphatic heterocycles. The topological polar surface area (TPSA) is 69.6 Å². The molecule has 0 aliphatic rings. The number of amides is 1. The smallest absolute Gasteiger partial charge is 0.414 e. The molecular weight excluding hydrogens is 440 g/mol. The van der Waals surface area contributed by atoms with Crippen molar-refractivity contribution in [1.29, 1.82) is 0 Å². The third kappa shape index (κ3) is 6.38. The summed E-state index contributed by atoms with van der Waals surface area (Å²) in [5.41, 5.74) is 2.81. The zero-order valence-electron chi connectivity index (χ0n) is 20.0. The van der Waals surface area contributed by atoms with Gasteiger partial charge in [0.2, 0.25) is 11.3 Å². The summed E-state index contributed by atoms with van der Waals surface area (Å²) in [6.07, 6.45) is 0.914. The summed E-state index contributed by atoms with van der Waals surface area (Å²) in [6, 6.07) is 28.6. The van der Waals surface area contributed by atoms with Crippen LogP contribution in [0.3, 0.4) is 0 Å². The number of hydrogen-bond donors (Lipinski definition) is 1. The first-order valence-corrected chi connectivity index (χ1v) is 11.4. The normalized spacial score (nSPS) is 11.1. The average Bonchev–Trinajstić information content (AvgIpc) is 2.83. The fraction of sp³-hybridized carbons (Fsp3) is 0.172. The molecule has 35 heavy (non-hydrogen) atoms. The zero-order chi connectivity index (χ0) is 24.8. The van der Waals surface area contributed by atoms with Crippen LogP contribution in [0.4, 0.5) is 4.79 Å². The molecule has 0 fully saturated rings. The highest BCUT2D eigenvalue weighted by Crippen LogP contribution is 2.26. The van der Waals surface area contributed by atoms with Gasteiger partial charge in [-0.1, -0.05) is 72.8 Å². The first-order valence-electron chi connectivity index (χ1n) is 11.4. The average molecular weight is 469 g/mol. The van der Waals surface area contributed by atoms with E-state index in [-0.39, 0.29) is 23.7 Å². The van der Waals surface area contributed by atoms with Crippen molar-refractivity contribution in [1.82, 2.24) is 9.88 Å². The molecule has 1 aromatic heterocycles. The summed E-state index contributed by atoms with van der Waals surface area (Å²) in [5, 5.41) is 2.76. The second kappa shape index (κ2) is 10.3. The molecule has 3 aromatic carbocycles. The summed E-state index contributed by atoms with van der Waals surface area (Å²) in [7, 11) is 0. The van der Waals surface area contributed by atoms with E-state index in [1.165, 1.54) is 6.07 Å². The molecule has 0 atom stereocenters. The molecule has 0 aliphatic carbocycles. The van der Waals surface area contributed by atoms with Crippen molar-refractivity contribution in [3.8, 4) is 28.4 Å². The Kier molecular flexibility index (Phi) is 7.01. The number of nitrogens with one attached hydrogen (secondary N) is 1. The molecule has 0 saturated carbocycles. The van der Waals surface area contributed by atoms with E-state index in [2.05, 4.69) is 5.32 Å². The second-order valence-electron chi connectivity index (χ2n) is 9.17. The van der Waals surface area contributed by atoms with Crippen molar-refractivity contribution in [2.75, 3.05) is 0 Å². The Morgan fingerprint density at radius 3 is 2.20 bits per heavy atom. The molecule has 1 amide bonds. The van der Waals surface area contributed by atoms with Gasteiger partial charge in [0, 0.05) is 11.2 Å². The van der Waals surface area contributed by atoms with Crippen molar-refractivity contribution in [3.05, 3.63) is 113 Å². The SMILES string of the molecule is CC(C)(C)NC(=O)Oc1cc(=O)c(OCc2ccccc2)cn1-c1cccc(-c2ccccc2)c1. The van der Waals surface area contributed by atoms with Gasteiger partial charge in [0.1, 0.15) is 6.61 Å². The molecule has 0 spiro atoms. The van der Waals surface area contributed by atoms with Crippen LogP contribution in [0.2, 0.25) is 0 Å². The summed E-state index contributed by atoms with van der Waals surface area (Å²) in [6.45, 7) is 5.80. The molecule has 0 unspecified atom stereocenters. The summed E-state index contributed by atoms with van der Waals surface area (Å²) in [5.74, 6) is 0.247. The van der Waals surface area contributed by atoms with Gasteiger partial charge in [0.05, 0.1) is 12.3 Å². The number of carbonyl (C=O) groups is 1. The first kappa shape index (κ1) is 23.8. The maximum Gasteiger partial charge on any atom is 0.414 e. The van der Waals surface area contributed by atoms with E-state index in [4.69, 9.17) is 9.47 Å². The van der Waals surface area contributed by atoms with Gasteiger partial charge in [0.15, 0.2) is 5.75 Å². The minimum Gasteiger partial charge on any atom is -0.483 e. The third-order valence-corrected chi connectivity index (χ3v) is 5.12. The molecule has 4 aromatic rings.